The number of carbonyl (C=O) groups is 2. The SMILES string of the molecule is Cc1cc(C2(C(=O)O)CC2)ccc1-c1ccc(-n2ncc(F)c2NC(=O)O[C@H](C)c2ccccc2Cl)cc1. The first-order valence-electron chi connectivity index (χ1n) is 12.1. The van der Waals surface area contributed by atoms with Crippen LogP contribution >= 0.6 is 11.6 Å². The molecular weight excluding hydrogens is 509 g/mol. The van der Waals surface area contributed by atoms with Gasteiger partial charge in [0, 0.05) is 10.6 Å². The molecule has 1 amide bonds. The first kappa shape index (κ1) is 25.5. The number of halogens is 2. The van der Waals surface area contributed by atoms with Gasteiger partial charge in [-0.25, -0.2) is 13.9 Å². The summed E-state index contributed by atoms with van der Waals surface area (Å²) in [6.07, 6.45) is 0.820. The molecule has 5 rings (SSSR count). The first-order valence-corrected chi connectivity index (χ1v) is 12.5. The van der Waals surface area contributed by atoms with Gasteiger partial charge in [0.1, 0.15) is 6.10 Å². The van der Waals surface area contributed by atoms with Crippen molar-refractivity contribution in [1.29, 1.82) is 0 Å². The highest BCUT2D eigenvalue weighted by Crippen LogP contribution is 2.49. The largest absolute Gasteiger partial charge is 0.481 e. The molecule has 38 heavy (non-hydrogen) atoms. The molecular formula is C29H25ClFN3O4. The van der Waals surface area contributed by atoms with Gasteiger partial charge >= 0.3 is 12.1 Å². The maximum atomic E-state index is 14.6. The predicted octanol–water partition coefficient (Wildman–Crippen LogP) is 7.07. The van der Waals surface area contributed by atoms with Crippen molar-refractivity contribution in [3.05, 3.63) is 100 Å². The summed E-state index contributed by atoms with van der Waals surface area (Å²) in [7, 11) is 0. The Kier molecular flexibility index (Phi) is 6.67. The lowest BCUT2D eigenvalue weighted by Gasteiger charge is -2.16. The van der Waals surface area contributed by atoms with Gasteiger partial charge in [0.05, 0.1) is 17.3 Å². The Morgan fingerprint density at radius 3 is 2.47 bits per heavy atom. The summed E-state index contributed by atoms with van der Waals surface area (Å²) < 4.78 is 21.2. The Labute approximate surface area is 223 Å². The van der Waals surface area contributed by atoms with Crippen molar-refractivity contribution in [2.24, 2.45) is 0 Å². The van der Waals surface area contributed by atoms with Crippen molar-refractivity contribution in [3.63, 3.8) is 0 Å². The van der Waals surface area contributed by atoms with Gasteiger partial charge in [-0.3, -0.25) is 10.1 Å². The van der Waals surface area contributed by atoms with Crippen molar-refractivity contribution in [2.45, 2.75) is 38.2 Å². The topological polar surface area (TPSA) is 93.5 Å². The summed E-state index contributed by atoms with van der Waals surface area (Å²) in [6.45, 7) is 3.62. The summed E-state index contributed by atoms with van der Waals surface area (Å²) in [5.74, 6) is -1.65. The Bertz CT molecular complexity index is 1530. The Hall–Kier alpha value is -4.17. The third kappa shape index (κ3) is 4.75. The third-order valence-corrected chi connectivity index (χ3v) is 7.28. The van der Waals surface area contributed by atoms with E-state index in [2.05, 4.69) is 10.4 Å². The van der Waals surface area contributed by atoms with Crippen LogP contribution in [0.4, 0.5) is 15.0 Å². The fourth-order valence-corrected chi connectivity index (χ4v) is 4.90. The van der Waals surface area contributed by atoms with E-state index in [0.29, 0.717) is 29.1 Å². The molecule has 3 aromatic carbocycles. The molecule has 0 radical (unpaired) electrons. The fraction of sp³-hybridized carbons (Fsp3) is 0.207. The van der Waals surface area contributed by atoms with Gasteiger partial charge in [0.25, 0.3) is 0 Å². The van der Waals surface area contributed by atoms with Crippen LogP contribution in [0.25, 0.3) is 16.8 Å². The summed E-state index contributed by atoms with van der Waals surface area (Å²) in [6, 6.07) is 20.0. The van der Waals surface area contributed by atoms with E-state index < -0.39 is 29.4 Å². The number of nitrogens with zero attached hydrogens (tertiary/aromatic N) is 2. The molecule has 0 saturated heterocycles. The maximum absolute atomic E-state index is 14.6. The number of aromatic nitrogens is 2. The lowest BCUT2D eigenvalue weighted by Crippen LogP contribution is -2.19. The van der Waals surface area contributed by atoms with E-state index in [9.17, 15) is 19.1 Å². The molecule has 0 aliphatic heterocycles. The minimum absolute atomic E-state index is 0.155. The number of hydrogen-bond acceptors (Lipinski definition) is 4. The molecule has 4 aromatic rings. The molecule has 1 fully saturated rings. The van der Waals surface area contributed by atoms with Crippen LogP contribution in [0.15, 0.2) is 72.9 Å². The van der Waals surface area contributed by atoms with Crippen LogP contribution in [-0.2, 0) is 14.9 Å². The Morgan fingerprint density at radius 1 is 1.13 bits per heavy atom. The number of carboxylic acid groups (broad SMARTS) is 1. The van der Waals surface area contributed by atoms with E-state index in [-0.39, 0.29) is 5.82 Å². The number of anilines is 1. The minimum Gasteiger partial charge on any atom is -0.481 e. The molecule has 7 nitrogen and oxygen atoms in total. The Balaban J connectivity index is 1.33. The van der Waals surface area contributed by atoms with Gasteiger partial charge in [-0.15, -0.1) is 0 Å². The predicted molar refractivity (Wildman–Crippen MR) is 142 cm³/mol. The first-order chi connectivity index (χ1) is 18.2. The zero-order valence-electron chi connectivity index (χ0n) is 20.7. The van der Waals surface area contributed by atoms with E-state index in [1.807, 2.05) is 37.3 Å². The van der Waals surface area contributed by atoms with Crippen molar-refractivity contribution >= 4 is 29.5 Å². The van der Waals surface area contributed by atoms with Gasteiger partial charge in [0.2, 0.25) is 0 Å². The van der Waals surface area contributed by atoms with Crippen molar-refractivity contribution in [1.82, 2.24) is 9.78 Å². The van der Waals surface area contributed by atoms with Crippen molar-refractivity contribution in [3.8, 4) is 16.8 Å². The molecule has 0 bridgehead atoms. The summed E-state index contributed by atoms with van der Waals surface area (Å²) >= 11 is 6.18. The monoisotopic (exact) mass is 533 g/mol. The number of rotatable bonds is 7. The molecule has 9 heteroatoms. The van der Waals surface area contributed by atoms with Gasteiger partial charge in [-0.2, -0.15) is 5.10 Å². The molecule has 0 spiro atoms. The number of nitrogens with one attached hydrogen (secondary N) is 1. The van der Waals surface area contributed by atoms with Crippen molar-refractivity contribution in [2.75, 3.05) is 5.32 Å². The third-order valence-electron chi connectivity index (χ3n) is 6.93. The second-order valence-electron chi connectivity index (χ2n) is 9.41. The van der Waals surface area contributed by atoms with Gasteiger partial charge < -0.3 is 9.84 Å². The zero-order chi connectivity index (χ0) is 27.0. The fourth-order valence-electron chi connectivity index (χ4n) is 4.61. The number of aliphatic carboxylic acids is 1. The summed E-state index contributed by atoms with van der Waals surface area (Å²) in [5, 5.41) is 16.6. The number of amides is 1. The lowest BCUT2D eigenvalue weighted by molar-refractivity contribution is -0.140. The second kappa shape index (κ2) is 9.95. The molecule has 1 aliphatic carbocycles. The highest BCUT2D eigenvalue weighted by molar-refractivity contribution is 6.31. The van der Waals surface area contributed by atoms with Gasteiger partial charge in [-0.1, -0.05) is 60.1 Å². The number of carbonyl (C=O) groups excluding carboxylic acids is 1. The standard InChI is InChI=1S/C29H25ClFN3O4/c1-17-15-20(29(13-14-29)27(35)36)9-12-22(17)19-7-10-21(11-8-19)34-26(25(31)16-32-34)33-28(37)38-18(2)23-5-3-4-6-24(23)30/h3-12,15-16,18H,13-14H2,1-2H3,(H,33,37)(H,35,36)/t18-/m1/s1. The van der Waals surface area contributed by atoms with Crippen LogP contribution in [0.1, 0.15) is 42.6 Å². The maximum Gasteiger partial charge on any atom is 0.413 e. The van der Waals surface area contributed by atoms with E-state index in [1.165, 1.54) is 4.68 Å². The molecule has 0 unspecified atom stereocenters. The number of hydrogen-bond donors (Lipinski definition) is 2. The van der Waals surface area contributed by atoms with Crippen LogP contribution in [-0.4, -0.2) is 26.9 Å². The van der Waals surface area contributed by atoms with Gasteiger partial charge in [-0.05, 0) is 67.1 Å². The quantitative estimate of drug-likeness (QED) is 0.265. The molecule has 1 atom stereocenters. The number of carboxylic acids is 1. The highest BCUT2D eigenvalue weighted by Gasteiger charge is 2.51. The highest BCUT2D eigenvalue weighted by atomic mass is 35.5. The summed E-state index contributed by atoms with van der Waals surface area (Å²) in [4.78, 5) is 24.2. The van der Waals surface area contributed by atoms with Crippen LogP contribution in [0.5, 0.6) is 0 Å². The van der Waals surface area contributed by atoms with Crippen LogP contribution in [0.3, 0.4) is 0 Å². The molecule has 1 heterocycles. The van der Waals surface area contributed by atoms with E-state index in [1.54, 1.807) is 43.3 Å². The lowest BCUT2D eigenvalue weighted by atomic mass is 9.91. The second-order valence-corrected chi connectivity index (χ2v) is 9.82. The van der Waals surface area contributed by atoms with E-state index >= 15 is 0 Å². The average molecular weight is 534 g/mol. The zero-order valence-corrected chi connectivity index (χ0v) is 21.5. The van der Waals surface area contributed by atoms with Crippen LogP contribution < -0.4 is 5.32 Å². The molecule has 1 aromatic heterocycles. The van der Waals surface area contributed by atoms with Gasteiger partial charge in [0.15, 0.2) is 11.6 Å². The normalized spacial score (nSPS) is 14.5. The number of aryl methyl sites for hydroxylation is 1. The molecule has 194 valence electrons. The Morgan fingerprint density at radius 2 is 1.84 bits per heavy atom. The summed E-state index contributed by atoms with van der Waals surface area (Å²) in [5.41, 5.74) is 4.06. The molecule has 1 aliphatic rings. The number of ether oxygens (including phenoxy) is 1. The minimum atomic E-state index is -0.847. The average Bonchev–Trinajstić information content (AvgIpc) is 3.64. The van der Waals surface area contributed by atoms with Crippen LogP contribution in [0.2, 0.25) is 5.02 Å². The van der Waals surface area contributed by atoms with Crippen LogP contribution in [0, 0.1) is 12.7 Å². The van der Waals surface area contributed by atoms with Crippen molar-refractivity contribution < 1.29 is 23.8 Å². The van der Waals surface area contributed by atoms with E-state index in [0.717, 1.165) is 28.5 Å². The van der Waals surface area contributed by atoms with E-state index in [4.69, 9.17) is 16.3 Å². The smallest absolute Gasteiger partial charge is 0.413 e. The number of benzene rings is 3. The molecule has 2 N–H and O–H groups in total. The molecule has 1 saturated carbocycles.